The van der Waals surface area contributed by atoms with E-state index in [1.165, 1.54) is 18.4 Å². The second-order valence-electron chi connectivity index (χ2n) is 4.75. The first kappa shape index (κ1) is 17.3. The minimum absolute atomic E-state index is 0.182. The molecule has 0 spiro atoms. The number of Topliss-reactive ketones (excluding diaryl/α,β-unsaturated/α-hetero) is 1. The number of ether oxygens (including phenoxy) is 2. The minimum Gasteiger partial charge on any atom is -0.465 e. The summed E-state index contributed by atoms with van der Waals surface area (Å²) in [7, 11) is 1.37. The number of ketones is 1. The van der Waals surface area contributed by atoms with Gasteiger partial charge in [-0.05, 0) is 33.3 Å². The van der Waals surface area contributed by atoms with Crippen molar-refractivity contribution in [2.45, 2.75) is 32.8 Å². The van der Waals surface area contributed by atoms with E-state index < -0.39 is 0 Å². The maximum Gasteiger partial charge on any atom is 0.339 e. The largest absolute Gasteiger partial charge is 0.465 e. The molecule has 0 radical (unpaired) electrons. The van der Waals surface area contributed by atoms with Gasteiger partial charge in [0.15, 0.2) is 0 Å². The smallest absolute Gasteiger partial charge is 0.339 e. The van der Waals surface area contributed by atoms with E-state index in [0.717, 1.165) is 3.79 Å². The summed E-state index contributed by atoms with van der Waals surface area (Å²) < 4.78 is 10.7. The van der Waals surface area contributed by atoms with E-state index in [0.29, 0.717) is 36.7 Å². The summed E-state index contributed by atoms with van der Waals surface area (Å²) >= 11 is 4.69. The summed E-state index contributed by atoms with van der Waals surface area (Å²) in [5.41, 5.74) is 0.590. The Morgan fingerprint density at radius 2 is 2.25 bits per heavy atom. The van der Waals surface area contributed by atoms with Gasteiger partial charge < -0.3 is 9.47 Å². The number of rotatable bonds is 2. The van der Waals surface area contributed by atoms with Gasteiger partial charge in [0.2, 0.25) is 0 Å². The Hall–Kier alpha value is -0.720. The van der Waals surface area contributed by atoms with Gasteiger partial charge in [0, 0.05) is 12.8 Å². The average molecular weight is 363 g/mol. The molecule has 1 aromatic rings. The van der Waals surface area contributed by atoms with Crippen molar-refractivity contribution in [2.75, 3.05) is 13.7 Å². The fourth-order valence-electron chi connectivity index (χ4n) is 1.69. The van der Waals surface area contributed by atoms with Crippen molar-refractivity contribution < 1.29 is 19.1 Å². The molecule has 112 valence electrons. The number of hydrogen-bond acceptors (Lipinski definition) is 5. The molecule has 1 aliphatic rings. The van der Waals surface area contributed by atoms with Crippen LogP contribution < -0.4 is 0 Å². The summed E-state index contributed by atoms with van der Waals surface area (Å²) in [4.78, 5) is 21.7. The highest BCUT2D eigenvalue weighted by Crippen LogP contribution is 2.23. The van der Waals surface area contributed by atoms with E-state index in [1.54, 1.807) is 6.07 Å². The van der Waals surface area contributed by atoms with E-state index in [9.17, 15) is 9.59 Å². The monoisotopic (exact) mass is 362 g/mol. The number of carbonyl (C=O) groups excluding carboxylic acids is 2. The minimum atomic E-state index is -0.298. The molecule has 0 aromatic carbocycles. The van der Waals surface area contributed by atoms with E-state index >= 15 is 0 Å². The van der Waals surface area contributed by atoms with Gasteiger partial charge >= 0.3 is 5.97 Å². The Morgan fingerprint density at radius 1 is 1.55 bits per heavy atom. The number of esters is 1. The van der Waals surface area contributed by atoms with Gasteiger partial charge in [-0.25, -0.2) is 4.79 Å². The molecule has 1 fully saturated rings. The summed E-state index contributed by atoms with van der Waals surface area (Å²) in [6, 6.07) is 1.72. The molecule has 0 amide bonds. The highest BCUT2D eigenvalue weighted by Gasteiger charge is 2.22. The van der Waals surface area contributed by atoms with Gasteiger partial charge in [-0.1, -0.05) is 13.8 Å². The standard InChI is InChI=1S/C8H14O2.C6H5BrO2S/c1-6(2)8-5-7(9)3-4-10-8;1-9-6(8)4-2-3-10-5(4)7/h6,8H,3-5H2,1-2H3;2-3H,1H3. The predicted octanol–water partition coefficient (Wildman–Crippen LogP) is 3.69. The van der Waals surface area contributed by atoms with Crippen LogP contribution >= 0.6 is 27.3 Å². The molecule has 2 rings (SSSR count). The predicted molar refractivity (Wildman–Crippen MR) is 82.2 cm³/mol. The van der Waals surface area contributed by atoms with Crippen molar-refractivity contribution in [1.29, 1.82) is 0 Å². The molecule has 1 aromatic heterocycles. The van der Waals surface area contributed by atoms with Gasteiger partial charge in [0.05, 0.1) is 29.2 Å². The zero-order valence-corrected chi connectivity index (χ0v) is 14.3. The molecule has 1 atom stereocenters. The highest BCUT2D eigenvalue weighted by molar-refractivity contribution is 9.11. The van der Waals surface area contributed by atoms with Crippen molar-refractivity contribution in [2.24, 2.45) is 5.92 Å². The molecule has 2 heterocycles. The summed E-state index contributed by atoms with van der Waals surface area (Å²) in [6.07, 6.45) is 1.42. The van der Waals surface area contributed by atoms with E-state index in [1.807, 2.05) is 5.38 Å². The maximum atomic E-state index is 10.9. The van der Waals surface area contributed by atoms with Gasteiger partial charge in [-0.3, -0.25) is 4.79 Å². The third-order valence-electron chi connectivity index (χ3n) is 2.91. The quantitative estimate of drug-likeness (QED) is 0.752. The summed E-state index contributed by atoms with van der Waals surface area (Å²) in [6.45, 7) is 4.80. The van der Waals surface area contributed by atoms with Gasteiger partial charge in [0.25, 0.3) is 0 Å². The first-order chi connectivity index (χ1) is 9.45. The Morgan fingerprint density at radius 3 is 2.65 bits per heavy atom. The number of carbonyl (C=O) groups is 2. The van der Waals surface area contributed by atoms with E-state index in [2.05, 4.69) is 34.5 Å². The van der Waals surface area contributed by atoms with Crippen molar-refractivity contribution >= 4 is 39.0 Å². The molecule has 6 heteroatoms. The molecule has 0 saturated carbocycles. The second kappa shape index (κ2) is 8.54. The third-order valence-corrected chi connectivity index (χ3v) is 4.60. The molecule has 20 heavy (non-hydrogen) atoms. The van der Waals surface area contributed by atoms with Crippen LogP contribution in [0, 0.1) is 5.92 Å². The molecule has 1 unspecified atom stereocenters. The Labute approximate surface area is 131 Å². The van der Waals surface area contributed by atoms with Gasteiger partial charge in [-0.15, -0.1) is 11.3 Å². The van der Waals surface area contributed by atoms with Crippen LogP contribution in [0.5, 0.6) is 0 Å². The molecular formula is C14H19BrO4S. The van der Waals surface area contributed by atoms with Crippen LogP contribution in [0.3, 0.4) is 0 Å². The van der Waals surface area contributed by atoms with Gasteiger partial charge in [0.1, 0.15) is 5.78 Å². The van der Waals surface area contributed by atoms with Crippen LogP contribution in [0.4, 0.5) is 0 Å². The SMILES string of the molecule is CC(C)C1CC(=O)CCO1.COC(=O)c1ccsc1Br. The van der Waals surface area contributed by atoms with Crippen molar-refractivity contribution in [3.8, 4) is 0 Å². The fraction of sp³-hybridized carbons (Fsp3) is 0.571. The maximum absolute atomic E-state index is 10.9. The normalized spacial score (nSPS) is 18.4. The van der Waals surface area contributed by atoms with Crippen molar-refractivity contribution in [1.82, 2.24) is 0 Å². The number of halogens is 1. The number of methoxy groups -OCH3 is 1. The molecule has 4 nitrogen and oxygen atoms in total. The second-order valence-corrected chi connectivity index (χ2v) is 6.98. The molecule has 1 saturated heterocycles. The van der Waals surface area contributed by atoms with Crippen LogP contribution in [-0.4, -0.2) is 31.6 Å². The number of thiophene rings is 1. The topological polar surface area (TPSA) is 52.6 Å². The first-order valence-corrected chi connectivity index (χ1v) is 8.07. The first-order valence-electron chi connectivity index (χ1n) is 6.40. The van der Waals surface area contributed by atoms with Crippen molar-refractivity contribution in [3.63, 3.8) is 0 Å². The lowest BCUT2D eigenvalue weighted by Gasteiger charge is -2.24. The van der Waals surface area contributed by atoms with Gasteiger partial charge in [-0.2, -0.15) is 0 Å². The van der Waals surface area contributed by atoms with Crippen LogP contribution in [0.1, 0.15) is 37.0 Å². The molecule has 1 aliphatic heterocycles. The Balaban J connectivity index is 0.000000200. The lowest BCUT2D eigenvalue weighted by atomic mass is 9.98. The molecule has 0 aliphatic carbocycles. The molecular weight excluding hydrogens is 344 g/mol. The van der Waals surface area contributed by atoms with Crippen LogP contribution in [-0.2, 0) is 14.3 Å². The zero-order valence-electron chi connectivity index (χ0n) is 11.8. The Kier molecular flexibility index (Phi) is 7.40. The zero-order chi connectivity index (χ0) is 15.1. The lowest BCUT2D eigenvalue weighted by molar-refractivity contribution is -0.130. The molecule has 0 bridgehead atoms. The summed E-state index contributed by atoms with van der Waals surface area (Å²) in [5, 5.41) is 1.83. The summed E-state index contributed by atoms with van der Waals surface area (Å²) in [5.74, 6) is 0.530. The Bertz CT molecular complexity index is 456. The van der Waals surface area contributed by atoms with E-state index in [4.69, 9.17) is 4.74 Å². The van der Waals surface area contributed by atoms with Crippen LogP contribution in [0.25, 0.3) is 0 Å². The number of hydrogen-bond donors (Lipinski definition) is 0. The van der Waals surface area contributed by atoms with Crippen LogP contribution in [0.2, 0.25) is 0 Å². The third kappa shape index (κ3) is 5.34. The average Bonchev–Trinajstić information content (AvgIpc) is 2.85. The molecule has 0 N–H and O–H groups in total. The van der Waals surface area contributed by atoms with Crippen molar-refractivity contribution in [3.05, 3.63) is 20.8 Å². The van der Waals surface area contributed by atoms with Crippen LogP contribution in [0.15, 0.2) is 15.2 Å². The fourth-order valence-corrected chi connectivity index (χ4v) is 2.91. The lowest BCUT2D eigenvalue weighted by Crippen LogP contribution is -2.29. The van der Waals surface area contributed by atoms with E-state index in [-0.39, 0.29) is 12.1 Å². The highest BCUT2D eigenvalue weighted by atomic mass is 79.9.